The lowest BCUT2D eigenvalue weighted by Gasteiger charge is -2.20. The van der Waals surface area contributed by atoms with Crippen LogP contribution in [0.4, 0.5) is 0 Å². The number of nitrogens with one attached hydrogen (secondary N) is 1. The molecule has 31 heavy (non-hydrogen) atoms. The van der Waals surface area contributed by atoms with E-state index in [0.717, 1.165) is 11.3 Å². The van der Waals surface area contributed by atoms with Gasteiger partial charge in [-0.2, -0.15) is 0 Å². The number of rotatable bonds is 8. The zero-order chi connectivity index (χ0) is 22.5. The predicted octanol–water partition coefficient (Wildman–Crippen LogP) is 4.66. The van der Waals surface area contributed by atoms with E-state index in [1.54, 1.807) is 45.6 Å². The van der Waals surface area contributed by atoms with E-state index >= 15 is 0 Å². The maximum Gasteiger partial charge on any atom is 0.255 e. The predicted molar refractivity (Wildman–Crippen MR) is 119 cm³/mol. The van der Waals surface area contributed by atoms with Gasteiger partial charge in [0.25, 0.3) is 5.91 Å². The molecule has 3 aromatic rings. The van der Waals surface area contributed by atoms with Crippen LogP contribution >= 0.6 is 11.6 Å². The van der Waals surface area contributed by atoms with Crippen molar-refractivity contribution in [3.63, 3.8) is 0 Å². The van der Waals surface area contributed by atoms with E-state index in [0.29, 0.717) is 33.6 Å². The Balaban J connectivity index is 1.90. The van der Waals surface area contributed by atoms with E-state index in [-0.39, 0.29) is 11.9 Å². The Hall–Kier alpha value is -3.32. The Kier molecular flexibility index (Phi) is 6.97. The number of amides is 1. The molecule has 8 heteroatoms. The third-order valence-corrected chi connectivity index (χ3v) is 5.23. The molecule has 0 radical (unpaired) electrons. The summed E-state index contributed by atoms with van der Waals surface area (Å²) in [5.74, 6) is 1.60. The number of hydrogen-bond donors (Lipinski definition) is 1. The van der Waals surface area contributed by atoms with Crippen LogP contribution in [0.3, 0.4) is 0 Å². The minimum atomic E-state index is -0.353. The maximum atomic E-state index is 13.0. The minimum absolute atomic E-state index is 0.320. The molecule has 0 saturated heterocycles. The van der Waals surface area contributed by atoms with Crippen LogP contribution < -0.4 is 24.3 Å². The van der Waals surface area contributed by atoms with Crippen LogP contribution in [-0.4, -0.2) is 38.9 Å². The average molecular weight is 445 g/mol. The molecular weight excluding hydrogens is 420 g/mol. The number of carbonyl (C=O) groups excluding carboxylic acids is 1. The average Bonchev–Trinajstić information content (AvgIpc) is 3.32. The molecule has 2 aromatic carbocycles. The van der Waals surface area contributed by atoms with Crippen LogP contribution in [-0.2, 0) is 0 Å². The molecule has 1 aromatic heterocycles. The Morgan fingerprint density at radius 1 is 0.903 bits per heavy atom. The van der Waals surface area contributed by atoms with E-state index in [9.17, 15) is 4.79 Å². The quantitative estimate of drug-likeness (QED) is 0.547. The highest BCUT2D eigenvalue weighted by Crippen LogP contribution is 2.40. The van der Waals surface area contributed by atoms with Gasteiger partial charge in [0.2, 0.25) is 5.75 Å². The third-order valence-electron chi connectivity index (χ3n) is 4.93. The smallest absolute Gasteiger partial charge is 0.255 e. The number of benzene rings is 2. The fourth-order valence-electron chi connectivity index (χ4n) is 3.29. The van der Waals surface area contributed by atoms with Crippen molar-refractivity contribution < 1.29 is 23.7 Å². The third kappa shape index (κ3) is 4.56. The summed E-state index contributed by atoms with van der Waals surface area (Å²) in [6.07, 6.45) is 3.74. The van der Waals surface area contributed by atoms with Gasteiger partial charge in [0.15, 0.2) is 11.5 Å². The molecule has 1 amide bonds. The van der Waals surface area contributed by atoms with Crippen LogP contribution in [0.25, 0.3) is 5.69 Å². The van der Waals surface area contributed by atoms with E-state index in [2.05, 4.69) is 5.32 Å². The number of nitrogens with zero attached hydrogens (tertiary/aromatic N) is 1. The van der Waals surface area contributed by atoms with Gasteiger partial charge in [0, 0.05) is 18.5 Å². The summed E-state index contributed by atoms with van der Waals surface area (Å²) in [5.41, 5.74) is 1.84. The van der Waals surface area contributed by atoms with Crippen molar-refractivity contribution in [2.45, 2.75) is 13.0 Å². The van der Waals surface area contributed by atoms with Crippen molar-refractivity contribution in [1.82, 2.24) is 9.88 Å². The van der Waals surface area contributed by atoms with Crippen molar-refractivity contribution in [2.75, 3.05) is 28.4 Å². The van der Waals surface area contributed by atoms with Crippen molar-refractivity contribution >= 4 is 17.5 Å². The van der Waals surface area contributed by atoms with Crippen LogP contribution in [0, 0.1) is 0 Å². The largest absolute Gasteiger partial charge is 0.496 e. The Bertz CT molecular complexity index is 1040. The lowest BCUT2D eigenvalue weighted by Crippen LogP contribution is -2.27. The number of carbonyl (C=O) groups is 1. The second kappa shape index (κ2) is 9.66. The van der Waals surface area contributed by atoms with Crippen molar-refractivity contribution in [1.29, 1.82) is 0 Å². The molecule has 0 bridgehead atoms. The van der Waals surface area contributed by atoms with Crippen molar-refractivity contribution in [3.05, 3.63) is 64.9 Å². The van der Waals surface area contributed by atoms with E-state index in [1.807, 2.05) is 36.0 Å². The number of methoxy groups -OCH3 is 4. The topological polar surface area (TPSA) is 71.0 Å². The van der Waals surface area contributed by atoms with Gasteiger partial charge in [-0.05, 0) is 42.8 Å². The van der Waals surface area contributed by atoms with Crippen LogP contribution in [0.1, 0.15) is 28.9 Å². The highest BCUT2D eigenvalue weighted by Gasteiger charge is 2.21. The first-order valence-corrected chi connectivity index (χ1v) is 9.92. The SMILES string of the molecule is COc1cc(-n2cccc2)c(Cl)cc1C(=O)NC(C)c1cc(OC)c(OC)c(OC)c1. The maximum absolute atomic E-state index is 13.0. The molecule has 0 spiro atoms. The van der Waals surface area contributed by atoms with Gasteiger partial charge in [-0.3, -0.25) is 4.79 Å². The Morgan fingerprint density at radius 3 is 2.00 bits per heavy atom. The summed E-state index contributed by atoms with van der Waals surface area (Å²) < 4.78 is 23.5. The molecule has 1 N–H and O–H groups in total. The molecule has 0 fully saturated rings. The zero-order valence-corrected chi connectivity index (χ0v) is 18.8. The summed E-state index contributed by atoms with van der Waals surface area (Å²) >= 11 is 6.46. The molecule has 1 heterocycles. The van der Waals surface area contributed by atoms with E-state index < -0.39 is 0 Å². The Labute approximate surface area is 186 Å². The lowest BCUT2D eigenvalue weighted by molar-refractivity contribution is 0.0936. The fourth-order valence-corrected chi connectivity index (χ4v) is 3.55. The molecule has 0 aliphatic heterocycles. The molecule has 0 aliphatic rings. The normalized spacial score (nSPS) is 11.5. The van der Waals surface area contributed by atoms with Gasteiger partial charge < -0.3 is 28.8 Å². The molecule has 1 atom stereocenters. The lowest BCUT2D eigenvalue weighted by atomic mass is 10.1. The highest BCUT2D eigenvalue weighted by molar-refractivity contribution is 6.33. The first kappa shape index (κ1) is 22.4. The monoisotopic (exact) mass is 444 g/mol. The second-order valence-corrected chi connectivity index (χ2v) is 7.16. The van der Waals surface area contributed by atoms with Crippen molar-refractivity contribution in [3.8, 4) is 28.7 Å². The second-order valence-electron chi connectivity index (χ2n) is 6.75. The fraction of sp³-hybridized carbons (Fsp3) is 0.261. The van der Waals surface area contributed by atoms with Crippen molar-refractivity contribution in [2.24, 2.45) is 0 Å². The van der Waals surface area contributed by atoms with Gasteiger partial charge in [0.05, 0.1) is 50.8 Å². The van der Waals surface area contributed by atoms with E-state index in [1.165, 1.54) is 7.11 Å². The van der Waals surface area contributed by atoms with Gasteiger partial charge >= 0.3 is 0 Å². The highest BCUT2D eigenvalue weighted by atomic mass is 35.5. The first-order chi connectivity index (χ1) is 14.9. The summed E-state index contributed by atoms with van der Waals surface area (Å²) in [7, 11) is 6.15. The van der Waals surface area contributed by atoms with Gasteiger partial charge in [-0.1, -0.05) is 11.6 Å². The molecule has 0 saturated carbocycles. The standard InChI is InChI=1S/C23H25ClN2O5/c1-14(15-10-20(29-3)22(31-5)21(11-15)30-4)25-23(27)16-12-17(24)18(13-19(16)28-2)26-8-6-7-9-26/h6-14H,1-5H3,(H,25,27). The summed E-state index contributed by atoms with van der Waals surface area (Å²) in [5, 5.41) is 3.41. The van der Waals surface area contributed by atoms with E-state index in [4.69, 9.17) is 30.5 Å². The van der Waals surface area contributed by atoms with Crippen LogP contribution in [0.15, 0.2) is 48.8 Å². The van der Waals surface area contributed by atoms with Crippen LogP contribution in [0.2, 0.25) is 5.02 Å². The molecule has 164 valence electrons. The number of halogens is 1. The zero-order valence-electron chi connectivity index (χ0n) is 18.1. The summed E-state index contributed by atoms with van der Waals surface area (Å²) in [6.45, 7) is 1.86. The number of ether oxygens (including phenoxy) is 4. The molecule has 0 aliphatic carbocycles. The molecule has 3 rings (SSSR count). The number of aromatic nitrogens is 1. The van der Waals surface area contributed by atoms with Gasteiger partial charge in [-0.15, -0.1) is 0 Å². The first-order valence-electron chi connectivity index (χ1n) is 9.55. The van der Waals surface area contributed by atoms with Gasteiger partial charge in [0.1, 0.15) is 5.75 Å². The molecule has 1 unspecified atom stereocenters. The molecular formula is C23H25ClN2O5. The summed E-state index contributed by atoms with van der Waals surface area (Å²) in [4.78, 5) is 13.0. The van der Waals surface area contributed by atoms with Gasteiger partial charge in [-0.25, -0.2) is 0 Å². The Morgan fingerprint density at radius 2 is 1.48 bits per heavy atom. The minimum Gasteiger partial charge on any atom is -0.496 e. The summed E-state index contributed by atoms with van der Waals surface area (Å²) in [6, 6.07) is 10.4. The number of hydrogen-bond acceptors (Lipinski definition) is 5. The van der Waals surface area contributed by atoms with Crippen LogP contribution in [0.5, 0.6) is 23.0 Å². The molecule has 7 nitrogen and oxygen atoms in total.